The van der Waals surface area contributed by atoms with Crippen LogP contribution < -0.4 is 0 Å². The summed E-state index contributed by atoms with van der Waals surface area (Å²) in [4.78, 5) is 10.3. The van der Waals surface area contributed by atoms with Gasteiger partial charge in [-0.15, -0.1) is 11.6 Å². The lowest BCUT2D eigenvalue weighted by atomic mass is 10.2. The van der Waals surface area contributed by atoms with E-state index in [0.29, 0.717) is 0 Å². The highest BCUT2D eigenvalue weighted by atomic mass is 35.5. The van der Waals surface area contributed by atoms with E-state index in [0.717, 1.165) is 6.08 Å². The predicted octanol–water partition coefficient (Wildman–Crippen LogP) is 2.16. The second-order valence-corrected chi connectivity index (χ2v) is 2.89. The molecule has 0 unspecified atom stereocenters. The molecule has 0 aromatic rings. The summed E-state index contributed by atoms with van der Waals surface area (Å²) in [6.45, 7) is 0. The van der Waals surface area contributed by atoms with Crippen molar-refractivity contribution in [3.05, 3.63) is 23.3 Å². The van der Waals surface area contributed by atoms with Gasteiger partial charge in [0.15, 0.2) is 0 Å². The smallest absolute Gasteiger partial charge is 0.331 e. The van der Waals surface area contributed by atoms with Crippen molar-refractivity contribution in [2.24, 2.45) is 0 Å². The SMILES string of the molecule is O=C(O)C1=CC(=C(F)F)[C@@H](Cl)C1. The number of hydrogen-bond acceptors (Lipinski definition) is 1. The summed E-state index contributed by atoms with van der Waals surface area (Å²) in [6, 6.07) is 0. The van der Waals surface area contributed by atoms with Crippen LogP contribution in [0.4, 0.5) is 8.78 Å². The van der Waals surface area contributed by atoms with Gasteiger partial charge in [-0.2, -0.15) is 8.78 Å². The van der Waals surface area contributed by atoms with E-state index in [2.05, 4.69) is 0 Å². The van der Waals surface area contributed by atoms with E-state index in [-0.39, 0.29) is 17.6 Å². The van der Waals surface area contributed by atoms with Gasteiger partial charge < -0.3 is 5.11 Å². The fraction of sp³-hybridized carbons (Fsp3) is 0.286. The summed E-state index contributed by atoms with van der Waals surface area (Å²) >= 11 is 5.46. The Morgan fingerprint density at radius 1 is 1.67 bits per heavy atom. The predicted molar refractivity (Wildman–Crippen MR) is 39.2 cm³/mol. The Bertz CT molecular complexity index is 279. The Hall–Kier alpha value is -0.900. The normalized spacial score (nSPS) is 22.4. The molecule has 5 heteroatoms. The van der Waals surface area contributed by atoms with Crippen molar-refractivity contribution < 1.29 is 18.7 Å². The van der Waals surface area contributed by atoms with Crippen LogP contribution in [-0.2, 0) is 4.79 Å². The highest BCUT2D eigenvalue weighted by Gasteiger charge is 2.27. The number of allylic oxidation sites excluding steroid dienone is 2. The quantitative estimate of drug-likeness (QED) is 0.650. The molecule has 0 bridgehead atoms. The summed E-state index contributed by atoms with van der Waals surface area (Å²) in [7, 11) is 0. The van der Waals surface area contributed by atoms with Crippen LogP contribution in [0.5, 0.6) is 0 Å². The molecular formula is C7H5ClF2O2. The summed E-state index contributed by atoms with van der Waals surface area (Å²) in [5.74, 6) is -1.20. The van der Waals surface area contributed by atoms with E-state index in [1.165, 1.54) is 0 Å². The maximum Gasteiger partial charge on any atom is 0.331 e. The Morgan fingerprint density at radius 2 is 2.25 bits per heavy atom. The van der Waals surface area contributed by atoms with Gasteiger partial charge in [0.2, 0.25) is 0 Å². The molecule has 1 aliphatic carbocycles. The van der Waals surface area contributed by atoms with Gasteiger partial charge in [-0.3, -0.25) is 0 Å². The van der Waals surface area contributed by atoms with Gasteiger partial charge in [-0.05, 0) is 6.08 Å². The van der Waals surface area contributed by atoms with Crippen molar-refractivity contribution in [1.29, 1.82) is 0 Å². The number of aliphatic carboxylic acids is 1. The van der Waals surface area contributed by atoms with Crippen molar-refractivity contribution >= 4 is 17.6 Å². The molecule has 2 nitrogen and oxygen atoms in total. The maximum absolute atomic E-state index is 12.0. The highest BCUT2D eigenvalue weighted by molar-refractivity contribution is 6.23. The standard InChI is InChI=1S/C7H5ClF2O2/c8-5-2-3(7(11)12)1-4(5)6(9)10/h1,5H,2H2,(H,11,12)/t5-/m0/s1. The lowest BCUT2D eigenvalue weighted by Gasteiger charge is -1.98. The van der Waals surface area contributed by atoms with Crippen LogP contribution in [0.25, 0.3) is 0 Å². The van der Waals surface area contributed by atoms with Gasteiger partial charge in [-0.25, -0.2) is 4.79 Å². The van der Waals surface area contributed by atoms with Crippen LogP contribution >= 0.6 is 11.6 Å². The van der Waals surface area contributed by atoms with E-state index >= 15 is 0 Å². The molecule has 66 valence electrons. The molecule has 0 saturated heterocycles. The molecule has 0 saturated carbocycles. The van der Waals surface area contributed by atoms with Gasteiger partial charge in [0, 0.05) is 17.6 Å². The molecule has 1 aliphatic rings. The topological polar surface area (TPSA) is 37.3 Å². The van der Waals surface area contributed by atoms with Crippen LogP contribution in [0, 0.1) is 0 Å². The molecule has 1 atom stereocenters. The van der Waals surface area contributed by atoms with Crippen molar-refractivity contribution in [2.75, 3.05) is 0 Å². The third-order valence-corrected chi connectivity index (χ3v) is 1.95. The van der Waals surface area contributed by atoms with Crippen LogP contribution in [-0.4, -0.2) is 16.5 Å². The van der Waals surface area contributed by atoms with Gasteiger partial charge >= 0.3 is 5.97 Å². The summed E-state index contributed by atoms with van der Waals surface area (Å²) < 4.78 is 24.0. The molecule has 0 aliphatic heterocycles. The number of rotatable bonds is 1. The Balaban J connectivity index is 2.96. The van der Waals surface area contributed by atoms with Crippen LogP contribution in [0.15, 0.2) is 23.3 Å². The van der Waals surface area contributed by atoms with Gasteiger partial charge in [0.1, 0.15) is 0 Å². The zero-order valence-corrected chi connectivity index (χ0v) is 6.61. The summed E-state index contributed by atoms with van der Waals surface area (Å²) in [6.07, 6.45) is -1.02. The first-order valence-electron chi connectivity index (χ1n) is 3.15. The second kappa shape index (κ2) is 3.23. The van der Waals surface area contributed by atoms with Crippen LogP contribution in [0.1, 0.15) is 6.42 Å². The lowest BCUT2D eigenvalue weighted by molar-refractivity contribution is -0.132. The Morgan fingerprint density at radius 3 is 2.50 bits per heavy atom. The Kier molecular flexibility index (Phi) is 2.47. The molecule has 0 aromatic heterocycles. The average molecular weight is 195 g/mol. The van der Waals surface area contributed by atoms with Gasteiger partial charge in [0.05, 0.1) is 5.38 Å². The monoisotopic (exact) mass is 194 g/mol. The van der Waals surface area contributed by atoms with Crippen molar-refractivity contribution in [1.82, 2.24) is 0 Å². The fourth-order valence-corrected chi connectivity index (χ4v) is 1.27. The number of carboxylic acid groups (broad SMARTS) is 1. The molecule has 0 radical (unpaired) electrons. The molecule has 1 rings (SSSR count). The first kappa shape index (κ1) is 9.19. The highest BCUT2D eigenvalue weighted by Crippen LogP contribution is 2.31. The van der Waals surface area contributed by atoms with Crippen molar-refractivity contribution in [2.45, 2.75) is 11.8 Å². The van der Waals surface area contributed by atoms with Crippen molar-refractivity contribution in [3.8, 4) is 0 Å². The van der Waals surface area contributed by atoms with E-state index in [1.807, 2.05) is 0 Å². The number of halogens is 3. The number of alkyl halides is 1. The first-order chi connectivity index (χ1) is 5.52. The Labute approximate surface area is 72.1 Å². The molecule has 1 N–H and O–H groups in total. The maximum atomic E-state index is 12.0. The molecular weight excluding hydrogens is 190 g/mol. The lowest BCUT2D eigenvalue weighted by Crippen LogP contribution is -2.00. The largest absolute Gasteiger partial charge is 0.478 e. The van der Waals surface area contributed by atoms with Crippen molar-refractivity contribution in [3.63, 3.8) is 0 Å². The minimum atomic E-state index is -1.91. The third-order valence-electron chi connectivity index (χ3n) is 1.56. The molecule has 0 amide bonds. The van der Waals surface area contributed by atoms with E-state index in [4.69, 9.17) is 16.7 Å². The summed E-state index contributed by atoms with van der Waals surface area (Å²) in [5.41, 5.74) is -0.452. The first-order valence-corrected chi connectivity index (χ1v) is 3.59. The number of carbonyl (C=O) groups is 1. The van der Waals surface area contributed by atoms with E-state index in [1.54, 1.807) is 0 Å². The second-order valence-electron chi connectivity index (χ2n) is 2.36. The van der Waals surface area contributed by atoms with E-state index < -0.39 is 17.4 Å². The summed E-state index contributed by atoms with van der Waals surface area (Å²) in [5, 5.41) is 7.53. The van der Waals surface area contributed by atoms with E-state index in [9.17, 15) is 13.6 Å². The molecule has 0 spiro atoms. The molecule has 0 aromatic carbocycles. The third kappa shape index (κ3) is 1.64. The minimum Gasteiger partial charge on any atom is -0.478 e. The number of carboxylic acids is 1. The minimum absolute atomic E-state index is 0.0381. The zero-order valence-electron chi connectivity index (χ0n) is 5.85. The van der Waals surface area contributed by atoms with Crippen LogP contribution in [0.3, 0.4) is 0 Å². The van der Waals surface area contributed by atoms with Crippen LogP contribution in [0.2, 0.25) is 0 Å². The van der Waals surface area contributed by atoms with Gasteiger partial charge in [-0.1, -0.05) is 0 Å². The molecule has 0 heterocycles. The molecule has 0 fully saturated rings. The average Bonchev–Trinajstić information content (AvgIpc) is 2.30. The fourth-order valence-electron chi connectivity index (χ4n) is 0.962. The van der Waals surface area contributed by atoms with Gasteiger partial charge in [0.25, 0.3) is 6.08 Å². The zero-order chi connectivity index (χ0) is 9.30. The molecule has 12 heavy (non-hydrogen) atoms. The number of hydrogen-bond donors (Lipinski definition) is 1.